The Morgan fingerprint density at radius 1 is 1.19 bits per heavy atom. The topological polar surface area (TPSA) is 38.0 Å². The first kappa shape index (κ1) is 13.2. The van der Waals surface area contributed by atoms with Gasteiger partial charge in [0.05, 0.1) is 0 Å². The smallest absolute Gasteiger partial charge is 0.0291 e. The van der Waals surface area contributed by atoms with Crippen LogP contribution < -0.4 is 11.1 Å². The molecule has 2 atom stereocenters. The quantitative estimate of drug-likeness (QED) is 0.741. The highest BCUT2D eigenvalue weighted by atomic mass is 14.9. The van der Waals surface area contributed by atoms with Gasteiger partial charge in [-0.3, -0.25) is 0 Å². The lowest BCUT2D eigenvalue weighted by molar-refractivity contribution is 0.439. The second-order valence-corrected chi connectivity index (χ2v) is 4.58. The van der Waals surface area contributed by atoms with Crippen molar-refractivity contribution < 1.29 is 0 Å². The summed E-state index contributed by atoms with van der Waals surface area (Å²) in [5.74, 6) is 0.703. The van der Waals surface area contributed by atoms with E-state index < -0.39 is 0 Å². The Morgan fingerprint density at radius 3 is 2.50 bits per heavy atom. The van der Waals surface area contributed by atoms with Gasteiger partial charge < -0.3 is 11.1 Å². The molecule has 0 fully saturated rings. The van der Waals surface area contributed by atoms with E-state index in [-0.39, 0.29) is 0 Å². The van der Waals surface area contributed by atoms with Gasteiger partial charge in [-0.15, -0.1) is 0 Å². The van der Waals surface area contributed by atoms with Gasteiger partial charge in [-0.25, -0.2) is 0 Å². The molecule has 2 nitrogen and oxygen atoms in total. The van der Waals surface area contributed by atoms with E-state index in [0.717, 1.165) is 19.5 Å². The number of benzene rings is 1. The molecule has 0 saturated heterocycles. The summed E-state index contributed by atoms with van der Waals surface area (Å²) in [4.78, 5) is 0. The van der Waals surface area contributed by atoms with Gasteiger partial charge in [0.2, 0.25) is 0 Å². The van der Waals surface area contributed by atoms with Gasteiger partial charge in [-0.05, 0) is 44.3 Å². The monoisotopic (exact) mass is 220 g/mol. The van der Waals surface area contributed by atoms with E-state index in [0.29, 0.717) is 12.0 Å². The summed E-state index contributed by atoms with van der Waals surface area (Å²) in [6, 6.07) is 11.0. The fourth-order valence-electron chi connectivity index (χ4n) is 1.81. The molecule has 2 unspecified atom stereocenters. The van der Waals surface area contributed by atoms with Gasteiger partial charge in [-0.2, -0.15) is 0 Å². The van der Waals surface area contributed by atoms with E-state index in [2.05, 4.69) is 49.5 Å². The van der Waals surface area contributed by atoms with E-state index in [1.165, 1.54) is 12.0 Å². The maximum absolute atomic E-state index is 5.50. The molecule has 2 heteroatoms. The molecule has 3 N–H and O–H groups in total. The Bertz CT molecular complexity index is 271. The van der Waals surface area contributed by atoms with E-state index in [9.17, 15) is 0 Å². The lowest BCUT2D eigenvalue weighted by Crippen LogP contribution is -2.24. The van der Waals surface area contributed by atoms with Gasteiger partial charge in [0, 0.05) is 6.04 Å². The van der Waals surface area contributed by atoms with Gasteiger partial charge >= 0.3 is 0 Å². The minimum atomic E-state index is 0.432. The molecular weight excluding hydrogens is 196 g/mol. The summed E-state index contributed by atoms with van der Waals surface area (Å²) < 4.78 is 0. The fraction of sp³-hybridized carbons (Fsp3) is 0.571. The largest absolute Gasteiger partial charge is 0.330 e. The van der Waals surface area contributed by atoms with Crippen LogP contribution in [-0.4, -0.2) is 13.1 Å². The van der Waals surface area contributed by atoms with Crippen LogP contribution in [-0.2, 0) is 0 Å². The molecule has 0 amide bonds. The molecule has 0 heterocycles. The van der Waals surface area contributed by atoms with Crippen molar-refractivity contribution in [3.05, 3.63) is 35.9 Å². The Hall–Kier alpha value is -0.860. The van der Waals surface area contributed by atoms with Crippen LogP contribution in [0.2, 0.25) is 0 Å². The van der Waals surface area contributed by atoms with Crippen molar-refractivity contribution in [1.29, 1.82) is 0 Å². The number of rotatable bonds is 7. The Labute approximate surface area is 99.2 Å². The molecule has 0 aliphatic carbocycles. The summed E-state index contributed by atoms with van der Waals surface area (Å²) in [7, 11) is 0. The Balaban J connectivity index is 2.27. The molecular formula is C14H24N2. The Kier molecular flexibility index (Phi) is 6.12. The molecule has 0 radical (unpaired) electrons. The third kappa shape index (κ3) is 4.77. The minimum Gasteiger partial charge on any atom is -0.330 e. The number of nitrogens with one attached hydrogen (secondary N) is 1. The highest BCUT2D eigenvalue weighted by Crippen LogP contribution is 2.12. The molecule has 1 aromatic rings. The number of hydrogen-bond donors (Lipinski definition) is 2. The van der Waals surface area contributed by atoms with E-state index in [1.807, 2.05) is 0 Å². The summed E-state index contributed by atoms with van der Waals surface area (Å²) >= 11 is 0. The maximum Gasteiger partial charge on any atom is 0.0291 e. The first-order valence-electron chi connectivity index (χ1n) is 6.22. The van der Waals surface area contributed by atoms with Crippen LogP contribution >= 0.6 is 0 Å². The van der Waals surface area contributed by atoms with Crippen molar-refractivity contribution in [2.75, 3.05) is 13.1 Å². The zero-order chi connectivity index (χ0) is 11.8. The summed E-state index contributed by atoms with van der Waals surface area (Å²) in [6.07, 6.45) is 2.34. The van der Waals surface area contributed by atoms with Crippen molar-refractivity contribution in [3.8, 4) is 0 Å². The second-order valence-electron chi connectivity index (χ2n) is 4.58. The molecule has 0 aliphatic rings. The molecule has 0 saturated carbocycles. The van der Waals surface area contributed by atoms with Crippen LogP contribution in [0.1, 0.15) is 38.3 Å². The van der Waals surface area contributed by atoms with Gasteiger partial charge in [-0.1, -0.05) is 37.3 Å². The maximum atomic E-state index is 5.50. The predicted octanol–water partition coefficient (Wildman–Crippen LogP) is 2.71. The van der Waals surface area contributed by atoms with E-state index in [4.69, 9.17) is 5.73 Å². The molecule has 90 valence electrons. The summed E-state index contributed by atoms with van der Waals surface area (Å²) in [6.45, 7) is 6.36. The molecule has 0 bridgehead atoms. The first-order chi connectivity index (χ1) is 7.74. The summed E-state index contributed by atoms with van der Waals surface area (Å²) in [5, 5.41) is 3.57. The van der Waals surface area contributed by atoms with Gasteiger partial charge in [0.15, 0.2) is 0 Å². The lowest BCUT2D eigenvalue weighted by atomic mass is 10.0. The molecule has 0 spiro atoms. The van der Waals surface area contributed by atoms with Crippen molar-refractivity contribution in [3.63, 3.8) is 0 Å². The lowest BCUT2D eigenvalue weighted by Gasteiger charge is -2.17. The number of hydrogen-bond acceptors (Lipinski definition) is 2. The fourth-order valence-corrected chi connectivity index (χ4v) is 1.81. The highest BCUT2D eigenvalue weighted by Gasteiger charge is 2.06. The van der Waals surface area contributed by atoms with Crippen molar-refractivity contribution in [1.82, 2.24) is 5.32 Å². The average Bonchev–Trinajstić information content (AvgIpc) is 2.34. The highest BCUT2D eigenvalue weighted by molar-refractivity contribution is 5.17. The molecule has 0 aliphatic heterocycles. The minimum absolute atomic E-state index is 0.432. The zero-order valence-electron chi connectivity index (χ0n) is 10.4. The van der Waals surface area contributed by atoms with Crippen LogP contribution in [0.3, 0.4) is 0 Å². The molecule has 16 heavy (non-hydrogen) atoms. The second kappa shape index (κ2) is 7.42. The molecule has 0 aromatic heterocycles. The third-order valence-corrected chi connectivity index (χ3v) is 2.97. The van der Waals surface area contributed by atoms with Crippen molar-refractivity contribution in [2.24, 2.45) is 11.7 Å². The van der Waals surface area contributed by atoms with Crippen molar-refractivity contribution in [2.45, 2.75) is 32.7 Å². The molecule has 1 rings (SSSR count). The van der Waals surface area contributed by atoms with Crippen LogP contribution in [0.15, 0.2) is 30.3 Å². The van der Waals surface area contributed by atoms with Crippen LogP contribution in [0, 0.1) is 5.92 Å². The zero-order valence-corrected chi connectivity index (χ0v) is 10.4. The normalized spacial score (nSPS) is 14.7. The Morgan fingerprint density at radius 2 is 1.88 bits per heavy atom. The predicted molar refractivity (Wildman–Crippen MR) is 70.3 cm³/mol. The SMILES string of the molecule is CC(CCCN)CNC(C)c1ccccc1. The van der Waals surface area contributed by atoms with E-state index >= 15 is 0 Å². The van der Waals surface area contributed by atoms with E-state index in [1.54, 1.807) is 0 Å². The van der Waals surface area contributed by atoms with Crippen LogP contribution in [0.25, 0.3) is 0 Å². The number of nitrogens with two attached hydrogens (primary N) is 1. The van der Waals surface area contributed by atoms with Crippen molar-refractivity contribution >= 4 is 0 Å². The summed E-state index contributed by atoms with van der Waals surface area (Å²) in [5.41, 5.74) is 6.86. The standard InChI is InChI=1S/C14H24N2/c1-12(7-6-10-15)11-16-13(2)14-8-4-3-5-9-14/h3-5,8-9,12-13,16H,6-7,10-11,15H2,1-2H3. The van der Waals surface area contributed by atoms with Gasteiger partial charge in [0.1, 0.15) is 0 Å². The van der Waals surface area contributed by atoms with Gasteiger partial charge in [0.25, 0.3) is 0 Å². The third-order valence-electron chi connectivity index (χ3n) is 2.97. The average molecular weight is 220 g/mol. The molecule has 1 aromatic carbocycles. The van der Waals surface area contributed by atoms with Crippen LogP contribution in [0.5, 0.6) is 0 Å². The first-order valence-corrected chi connectivity index (χ1v) is 6.22. The van der Waals surface area contributed by atoms with Crippen LogP contribution in [0.4, 0.5) is 0 Å².